The largest absolute Gasteiger partial charge is 0.462 e. The van der Waals surface area contributed by atoms with Crippen molar-refractivity contribution in [2.45, 2.75) is 38.8 Å². The van der Waals surface area contributed by atoms with Gasteiger partial charge in [-0.25, -0.2) is 0 Å². The molecule has 0 fully saturated rings. The molecule has 1 aliphatic rings. The molecule has 1 N–H and O–H groups in total. The fourth-order valence-electron chi connectivity index (χ4n) is 2.81. The average Bonchev–Trinajstić information content (AvgIpc) is 3.11. The van der Waals surface area contributed by atoms with Gasteiger partial charge in [0.15, 0.2) is 0 Å². The summed E-state index contributed by atoms with van der Waals surface area (Å²) in [6.07, 6.45) is 3.79. The lowest BCUT2D eigenvalue weighted by molar-refractivity contribution is 0.162. The molecule has 1 atom stereocenters. The predicted molar refractivity (Wildman–Crippen MR) is 81.3 cm³/mol. The maximum Gasteiger partial charge on any atom is 0.129 e. The Labute approximate surface area is 124 Å². The summed E-state index contributed by atoms with van der Waals surface area (Å²) in [4.78, 5) is 2.93. The predicted octanol–water partition coefficient (Wildman–Crippen LogP) is 3.68. The molecular weight excluding hydrogens is 270 g/mol. The summed E-state index contributed by atoms with van der Waals surface area (Å²) < 4.78 is 11.0. The highest BCUT2D eigenvalue weighted by molar-refractivity contribution is 7.12. The number of ether oxygens (including phenoxy) is 1. The Bertz CT molecular complexity index is 551. The molecule has 1 aliphatic carbocycles. The Balaban J connectivity index is 1.86. The highest BCUT2D eigenvalue weighted by atomic mass is 32.1. The molecule has 0 spiro atoms. The SMILES string of the molecule is CCNC(c1ccc(COC)o1)c1cc2c(s1)CCC2. The summed E-state index contributed by atoms with van der Waals surface area (Å²) in [5, 5.41) is 3.54. The number of furan rings is 1. The van der Waals surface area contributed by atoms with Gasteiger partial charge in [0.25, 0.3) is 0 Å². The molecule has 3 nitrogen and oxygen atoms in total. The van der Waals surface area contributed by atoms with Gasteiger partial charge in [0, 0.05) is 16.9 Å². The van der Waals surface area contributed by atoms with Gasteiger partial charge in [0.2, 0.25) is 0 Å². The van der Waals surface area contributed by atoms with Crippen molar-refractivity contribution in [2.24, 2.45) is 0 Å². The zero-order chi connectivity index (χ0) is 13.9. The van der Waals surface area contributed by atoms with Crippen molar-refractivity contribution >= 4 is 11.3 Å². The molecule has 20 heavy (non-hydrogen) atoms. The molecule has 2 aromatic rings. The monoisotopic (exact) mass is 291 g/mol. The fourth-order valence-corrected chi connectivity index (χ4v) is 4.15. The van der Waals surface area contributed by atoms with Crippen molar-refractivity contribution in [1.29, 1.82) is 0 Å². The quantitative estimate of drug-likeness (QED) is 0.881. The van der Waals surface area contributed by atoms with E-state index < -0.39 is 0 Å². The van der Waals surface area contributed by atoms with E-state index in [2.05, 4.69) is 24.4 Å². The molecule has 0 amide bonds. The fraction of sp³-hybridized carbons (Fsp3) is 0.500. The maximum atomic E-state index is 5.91. The summed E-state index contributed by atoms with van der Waals surface area (Å²) in [7, 11) is 1.69. The van der Waals surface area contributed by atoms with E-state index in [1.54, 1.807) is 12.0 Å². The zero-order valence-electron chi connectivity index (χ0n) is 12.1. The first-order chi connectivity index (χ1) is 9.81. The van der Waals surface area contributed by atoms with E-state index in [1.807, 2.05) is 17.4 Å². The van der Waals surface area contributed by atoms with Crippen LogP contribution in [0.4, 0.5) is 0 Å². The second kappa shape index (κ2) is 6.12. The highest BCUT2D eigenvalue weighted by Crippen LogP contribution is 2.36. The zero-order valence-corrected chi connectivity index (χ0v) is 12.9. The van der Waals surface area contributed by atoms with E-state index in [-0.39, 0.29) is 6.04 Å². The van der Waals surface area contributed by atoms with Crippen molar-refractivity contribution in [3.63, 3.8) is 0 Å². The average molecular weight is 291 g/mol. The molecule has 0 saturated heterocycles. The molecule has 0 bridgehead atoms. The number of fused-ring (bicyclic) bond motifs is 1. The molecule has 0 saturated carbocycles. The van der Waals surface area contributed by atoms with E-state index in [1.165, 1.54) is 29.7 Å². The lowest BCUT2D eigenvalue weighted by Crippen LogP contribution is -2.20. The second-order valence-corrected chi connectivity index (χ2v) is 6.35. The number of methoxy groups -OCH3 is 1. The smallest absolute Gasteiger partial charge is 0.129 e. The first kappa shape index (κ1) is 13.9. The maximum absolute atomic E-state index is 5.91. The standard InChI is InChI=1S/C16H21NO2S/c1-3-17-16(13-8-7-12(19-13)10-18-2)15-9-11-5-4-6-14(11)20-15/h7-9,16-17H,3-6,10H2,1-2H3. The molecule has 2 heterocycles. The number of nitrogens with one attached hydrogen (secondary N) is 1. The van der Waals surface area contributed by atoms with Crippen molar-refractivity contribution < 1.29 is 9.15 Å². The minimum atomic E-state index is 0.168. The van der Waals surface area contributed by atoms with Crippen LogP contribution in [0.15, 0.2) is 22.6 Å². The number of aryl methyl sites for hydroxylation is 2. The molecule has 1 unspecified atom stereocenters. The molecule has 0 aliphatic heterocycles. The third-order valence-corrected chi connectivity index (χ3v) is 5.01. The van der Waals surface area contributed by atoms with Gasteiger partial charge in [-0.15, -0.1) is 11.3 Å². The lowest BCUT2D eigenvalue weighted by atomic mass is 10.1. The van der Waals surface area contributed by atoms with Crippen LogP contribution in [0.25, 0.3) is 0 Å². The third kappa shape index (κ3) is 2.68. The second-order valence-electron chi connectivity index (χ2n) is 5.18. The molecular formula is C16H21NO2S. The van der Waals surface area contributed by atoms with Crippen LogP contribution in [0.2, 0.25) is 0 Å². The van der Waals surface area contributed by atoms with Crippen LogP contribution in [0, 0.1) is 0 Å². The van der Waals surface area contributed by atoms with Crippen LogP contribution in [-0.2, 0) is 24.2 Å². The number of thiophene rings is 1. The summed E-state index contributed by atoms with van der Waals surface area (Å²) in [5.74, 6) is 1.87. The first-order valence-corrected chi connectivity index (χ1v) is 8.06. The van der Waals surface area contributed by atoms with E-state index in [0.717, 1.165) is 18.1 Å². The Morgan fingerprint density at radius 1 is 1.40 bits per heavy atom. The van der Waals surface area contributed by atoms with E-state index in [4.69, 9.17) is 9.15 Å². The highest BCUT2D eigenvalue weighted by Gasteiger charge is 2.23. The molecule has 0 aromatic carbocycles. The molecule has 4 heteroatoms. The van der Waals surface area contributed by atoms with Crippen LogP contribution in [-0.4, -0.2) is 13.7 Å². The molecule has 3 rings (SSSR count). The van der Waals surface area contributed by atoms with E-state index in [0.29, 0.717) is 6.61 Å². The minimum absolute atomic E-state index is 0.168. The Morgan fingerprint density at radius 3 is 3.05 bits per heavy atom. The third-order valence-electron chi connectivity index (χ3n) is 3.71. The van der Waals surface area contributed by atoms with Crippen LogP contribution >= 0.6 is 11.3 Å². The van der Waals surface area contributed by atoms with Gasteiger partial charge in [-0.1, -0.05) is 6.92 Å². The number of hydrogen-bond acceptors (Lipinski definition) is 4. The van der Waals surface area contributed by atoms with Crippen molar-refractivity contribution in [2.75, 3.05) is 13.7 Å². The van der Waals surface area contributed by atoms with Gasteiger partial charge in [-0.3, -0.25) is 0 Å². The Morgan fingerprint density at radius 2 is 2.30 bits per heavy atom. The van der Waals surface area contributed by atoms with Gasteiger partial charge in [-0.05, 0) is 49.6 Å². The van der Waals surface area contributed by atoms with Gasteiger partial charge in [0.05, 0.1) is 0 Å². The number of rotatable bonds is 6. The summed E-state index contributed by atoms with van der Waals surface area (Å²) in [6.45, 7) is 3.58. The van der Waals surface area contributed by atoms with Crippen LogP contribution in [0.3, 0.4) is 0 Å². The van der Waals surface area contributed by atoms with Crippen molar-refractivity contribution in [3.8, 4) is 0 Å². The number of hydrogen-bond donors (Lipinski definition) is 1. The minimum Gasteiger partial charge on any atom is -0.462 e. The molecule has 0 radical (unpaired) electrons. The van der Waals surface area contributed by atoms with Crippen LogP contribution in [0.1, 0.15) is 46.2 Å². The Hall–Kier alpha value is -1.10. The van der Waals surface area contributed by atoms with Crippen LogP contribution in [0.5, 0.6) is 0 Å². The van der Waals surface area contributed by atoms with Crippen molar-refractivity contribution in [3.05, 3.63) is 45.0 Å². The lowest BCUT2D eigenvalue weighted by Gasteiger charge is -2.14. The summed E-state index contributed by atoms with van der Waals surface area (Å²) >= 11 is 1.93. The molecule has 2 aromatic heterocycles. The van der Waals surface area contributed by atoms with Crippen LogP contribution < -0.4 is 5.32 Å². The van der Waals surface area contributed by atoms with Gasteiger partial charge in [-0.2, -0.15) is 0 Å². The first-order valence-electron chi connectivity index (χ1n) is 7.24. The molecule has 108 valence electrons. The normalized spacial score (nSPS) is 15.5. The van der Waals surface area contributed by atoms with E-state index >= 15 is 0 Å². The summed E-state index contributed by atoms with van der Waals surface area (Å²) in [6, 6.07) is 6.59. The van der Waals surface area contributed by atoms with Gasteiger partial charge in [0.1, 0.15) is 24.2 Å². The van der Waals surface area contributed by atoms with E-state index in [9.17, 15) is 0 Å². The Kier molecular flexibility index (Phi) is 4.24. The van der Waals surface area contributed by atoms with Crippen molar-refractivity contribution in [1.82, 2.24) is 5.32 Å². The summed E-state index contributed by atoms with van der Waals surface area (Å²) in [5.41, 5.74) is 1.54. The van der Waals surface area contributed by atoms with Gasteiger partial charge >= 0.3 is 0 Å². The topological polar surface area (TPSA) is 34.4 Å². The van der Waals surface area contributed by atoms with Gasteiger partial charge < -0.3 is 14.5 Å².